The number of phenols is 1. The van der Waals surface area contributed by atoms with Gasteiger partial charge in [-0.05, 0) is 45.0 Å². The molecule has 2 N–H and O–H groups in total. The van der Waals surface area contributed by atoms with Crippen LogP contribution in [0.3, 0.4) is 0 Å². The van der Waals surface area contributed by atoms with Crippen molar-refractivity contribution in [2.45, 2.75) is 25.8 Å². The lowest BCUT2D eigenvalue weighted by molar-refractivity contribution is 0.421. The number of halogens is 1. The van der Waals surface area contributed by atoms with E-state index in [9.17, 15) is 5.11 Å². The maximum Gasteiger partial charge on any atom is 0.134 e. The second-order valence-electron chi connectivity index (χ2n) is 4.10. The number of rotatable bonds is 3. The maximum atomic E-state index is 9.25. The zero-order valence-corrected chi connectivity index (χ0v) is 9.52. The summed E-state index contributed by atoms with van der Waals surface area (Å²) in [6.45, 7) is 4.24. The van der Waals surface area contributed by atoms with E-state index in [4.69, 9.17) is 11.6 Å². The molecule has 0 bridgehead atoms. The molecule has 3 heteroatoms. The summed E-state index contributed by atoms with van der Waals surface area (Å²) >= 11 is 5.82. The molecule has 0 atom stereocenters. The van der Waals surface area contributed by atoms with Crippen LogP contribution in [0.4, 0.5) is 0 Å². The average Bonchev–Trinajstić information content (AvgIpc) is 2.11. The molecule has 0 unspecified atom stereocenters. The number of nitrogens with one attached hydrogen (secondary N) is 1. The van der Waals surface area contributed by atoms with Crippen molar-refractivity contribution < 1.29 is 5.11 Å². The molecule has 0 saturated carbocycles. The Labute approximate surface area is 89.9 Å². The largest absolute Gasteiger partial charge is 0.506 e. The van der Waals surface area contributed by atoms with Gasteiger partial charge in [-0.3, -0.25) is 0 Å². The normalized spacial score (nSPS) is 11.7. The van der Waals surface area contributed by atoms with E-state index in [2.05, 4.69) is 19.2 Å². The smallest absolute Gasteiger partial charge is 0.134 e. The molecular weight excluding hydrogens is 198 g/mol. The SMILES string of the molecule is CNC(C)(C)Cc1ccc(O)c(Cl)c1. The third-order valence-electron chi connectivity index (χ3n) is 2.33. The van der Waals surface area contributed by atoms with E-state index in [0.29, 0.717) is 5.02 Å². The molecule has 0 aliphatic carbocycles. The van der Waals surface area contributed by atoms with E-state index in [1.165, 1.54) is 0 Å². The standard InChI is InChI=1S/C11H16ClNO/c1-11(2,13-3)7-8-4-5-10(14)9(12)6-8/h4-6,13-14H,7H2,1-3H3. The van der Waals surface area contributed by atoms with Crippen LogP contribution in [0.1, 0.15) is 19.4 Å². The van der Waals surface area contributed by atoms with Crippen LogP contribution < -0.4 is 5.32 Å². The van der Waals surface area contributed by atoms with Gasteiger partial charge in [-0.15, -0.1) is 0 Å². The number of phenolic OH excluding ortho intramolecular Hbond substituents is 1. The zero-order valence-electron chi connectivity index (χ0n) is 8.76. The lowest BCUT2D eigenvalue weighted by Crippen LogP contribution is -2.38. The molecule has 1 rings (SSSR count). The van der Waals surface area contributed by atoms with Gasteiger partial charge in [0, 0.05) is 5.54 Å². The fourth-order valence-electron chi connectivity index (χ4n) is 1.26. The van der Waals surface area contributed by atoms with E-state index in [-0.39, 0.29) is 11.3 Å². The summed E-state index contributed by atoms with van der Waals surface area (Å²) in [6.07, 6.45) is 0.878. The van der Waals surface area contributed by atoms with Crippen LogP contribution in [-0.2, 0) is 6.42 Å². The minimum absolute atomic E-state index is 0.0420. The van der Waals surface area contributed by atoms with Gasteiger partial charge in [-0.1, -0.05) is 17.7 Å². The fourth-order valence-corrected chi connectivity index (χ4v) is 1.46. The van der Waals surface area contributed by atoms with Crippen LogP contribution in [0.15, 0.2) is 18.2 Å². The van der Waals surface area contributed by atoms with Crippen molar-refractivity contribution in [3.63, 3.8) is 0 Å². The van der Waals surface area contributed by atoms with Crippen molar-refractivity contribution in [1.82, 2.24) is 5.32 Å². The molecule has 2 nitrogen and oxygen atoms in total. The highest BCUT2D eigenvalue weighted by Crippen LogP contribution is 2.25. The second-order valence-corrected chi connectivity index (χ2v) is 4.50. The Hall–Kier alpha value is -0.730. The van der Waals surface area contributed by atoms with Crippen LogP contribution >= 0.6 is 11.6 Å². The Morgan fingerprint density at radius 1 is 1.43 bits per heavy atom. The molecule has 0 radical (unpaired) electrons. The Morgan fingerprint density at radius 2 is 2.07 bits per heavy atom. The van der Waals surface area contributed by atoms with Crippen LogP contribution in [0.25, 0.3) is 0 Å². The second kappa shape index (κ2) is 4.20. The third kappa shape index (κ3) is 2.89. The monoisotopic (exact) mass is 213 g/mol. The summed E-state index contributed by atoms with van der Waals surface area (Å²) < 4.78 is 0. The predicted octanol–water partition coefficient (Wildman–Crippen LogP) is 2.59. The first kappa shape index (κ1) is 11.3. The van der Waals surface area contributed by atoms with Gasteiger partial charge in [0.05, 0.1) is 5.02 Å². The molecule has 0 saturated heterocycles. The fraction of sp³-hybridized carbons (Fsp3) is 0.455. The first-order chi connectivity index (χ1) is 6.44. The van der Waals surface area contributed by atoms with Crippen molar-refractivity contribution in [3.05, 3.63) is 28.8 Å². The molecule has 1 aromatic rings. The first-order valence-electron chi connectivity index (χ1n) is 4.61. The number of benzene rings is 1. The summed E-state index contributed by atoms with van der Waals surface area (Å²) in [5, 5.41) is 12.9. The zero-order chi connectivity index (χ0) is 10.8. The molecule has 0 aromatic heterocycles. The van der Waals surface area contributed by atoms with Gasteiger partial charge in [0.15, 0.2) is 0 Å². The molecule has 0 spiro atoms. The van der Waals surface area contributed by atoms with E-state index in [1.54, 1.807) is 12.1 Å². The van der Waals surface area contributed by atoms with Crippen molar-refractivity contribution >= 4 is 11.6 Å². The summed E-state index contributed by atoms with van der Waals surface area (Å²) in [7, 11) is 1.93. The van der Waals surface area contributed by atoms with Crippen molar-refractivity contribution in [3.8, 4) is 5.75 Å². The Balaban J connectivity index is 2.83. The van der Waals surface area contributed by atoms with Gasteiger partial charge in [0.25, 0.3) is 0 Å². The van der Waals surface area contributed by atoms with Crippen LogP contribution in [0.2, 0.25) is 5.02 Å². The Kier molecular flexibility index (Phi) is 3.40. The van der Waals surface area contributed by atoms with Gasteiger partial charge in [0.1, 0.15) is 5.75 Å². The van der Waals surface area contributed by atoms with E-state index < -0.39 is 0 Å². The maximum absolute atomic E-state index is 9.25. The van der Waals surface area contributed by atoms with Gasteiger partial charge < -0.3 is 10.4 Å². The molecule has 0 fully saturated rings. The molecule has 0 aliphatic rings. The molecule has 0 aliphatic heterocycles. The summed E-state index contributed by atoms with van der Waals surface area (Å²) in [6, 6.07) is 5.32. The lowest BCUT2D eigenvalue weighted by atomic mass is 9.95. The molecule has 14 heavy (non-hydrogen) atoms. The Bertz CT molecular complexity index is 323. The molecule has 1 aromatic carbocycles. The molecule has 0 amide bonds. The highest BCUT2D eigenvalue weighted by atomic mass is 35.5. The van der Waals surface area contributed by atoms with Gasteiger partial charge >= 0.3 is 0 Å². The predicted molar refractivity (Wildman–Crippen MR) is 60.0 cm³/mol. The van der Waals surface area contributed by atoms with Crippen molar-refractivity contribution in [2.75, 3.05) is 7.05 Å². The van der Waals surface area contributed by atoms with E-state index in [0.717, 1.165) is 12.0 Å². The van der Waals surface area contributed by atoms with E-state index >= 15 is 0 Å². The number of hydrogen-bond acceptors (Lipinski definition) is 2. The van der Waals surface area contributed by atoms with Crippen LogP contribution in [0.5, 0.6) is 5.75 Å². The van der Waals surface area contributed by atoms with E-state index in [1.807, 2.05) is 13.1 Å². The van der Waals surface area contributed by atoms with Crippen LogP contribution in [0, 0.1) is 0 Å². The van der Waals surface area contributed by atoms with Gasteiger partial charge in [0.2, 0.25) is 0 Å². The summed E-state index contributed by atoms with van der Waals surface area (Å²) in [5.41, 5.74) is 1.16. The lowest BCUT2D eigenvalue weighted by Gasteiger charge is -2.24. The number of hydrogen-bond donors (Lipinski definition) is 2. The van der Waals surface area contributed by atoms with Gasteiger partial charge in [-0.2, -0.15) is 0 Å². The molecule has 0 heterocycles. The first-order valence-corrected chi connectivity index (χ1v) is 4.99. The minimum atomic E-state index is 0.0420. The number of likely N-dealkylation sites (N-methyl/N-ethyl adjacent to an activating group) is 1. The third-order valence-corrected chi connectivity index (χ3v) is 2.64. The quantitative estimate of drug-likeness (QED) is 0.809. The Morgan fingerprint density at radius 3 is 2.57 bits per heavy atom. The highest BCUT2D eigenvalue weighted by Gasteiger charge is 2.15. The summed E-state index contributed by atoms with van der Waals surface area (Å²) in [4.78, 5) is 0. The van der Waals surface area contributed by atoms with Crippen LogP contribution in [-0.4, -0.2) is 17.7 Å². The summed E-state index contributed by atoms with van der Waals surface area (Å²) in [5.74, 6) is 0.137. The average molecular weight is 214 g/mol. The number of aromatic hydroxyl groups is 1. The van der Waals surface area contributed by atoms with Gasteiger partial charge in [-0.25, -0.2) is 0 Å². The van der Waals surface area contributed by atoms with Crippen molar-refractivity contribution in [2.24, 2.45) is 0 Å². The minimum Gasteiger partial charge on any atom is -0.506 e. The van der Waals surface area contributed by atoms with Crippen molar-refractivity contribution in [1.29, 1.82) is 0 Å². The molecule has 78 valence electrons. The molecular formula is C11H16ClNO. The highest BCUT2D eigenvalue weighted by molar-refractivity contribution is 6.32. The topological polar surface area (TPSA) is 32.3 Å².